The normalized spacial score (nSPS) is 12.2. The average molecular weight is 440 g/mol. The van der Waals surface area contributed by atoms with Gasteiger partial charge in [-0.2, -0.15) is 0 Å². The van der Waals surface area contributed by atoms with Crippen LogP contribution < -0.4 is 3.71 Å². The van der Waals surface area contributed by atoms with E-state index in [1.807, 2.05) is 7.05 Å². The second kappa shape index (κ2) is 9.16. The Bertz CT molecular complexity index is 632. The van der Waals surface area contributed by atoms with Gasteiger partial charge >= 0.3 is 150 Å². The van der Waals surface area contributed by atoms with E-state index < -0.39 is 18.4 Å². The predicted octanol–water partition coefficient (Wildman–Crippen LogP) is 5.16. The third kappa shape index (κ3) is 4.30. The molecular weight excluding hydrogens is 408 g/mol. The Morgan fingerprint density at radius 2 is 1.54 bits per heavy atom. The van der Waals surface area contributed by atoms with E-state index in [4.69, 9.17) is 4.98 Å². The molecule has 0 atom stereocenters. The van der Waals surface area contributed by atoms with E-state index in [-0.39, 0.29) is 5.82 Å². The summed E-state index contributed by atoms with van der Waals surface area (Å²) in [4.78, 5) is 4.86. The number of unbranched alkanes of at least 4 members (excludes halogenated alkanes) is 3. The number of aromatic nitrogens is 3. The van der Waals surface area contributed by atoms with Crippen LogP contribution in [0.15, 0.2) is 12.3 Å². The van der Waals surface area contributed by atoms with E-state index in [0.29, 0.717) is 0 Å². The molecule has 2 aromatic rings. The van der Waals surface area contributed by atoms with Gasteiger partial charge in [0, 0.05) is 0 Å². The zero-order valence-electron chi connectivity index (χ0n) is 15.7. The topological polar surface area (TPSA) is 30.7 Å². The summed E-state index contributed by atoms with van der Waals surface area (Å²) >= 11 is -2.82. The molecule has 0 saturated carbocycles. The van der Waals surface area contributed by atoms with Crippen LogP contribution in [0.25, 0.3) is 11.0 Å². The first-order chi connectivity index (χ1) is 11.6. The standard InChI is InChI=1S/C7H5FN3.3C4H9.Sn/c1-11-7-2-5(8)3-9-6(7)4-10-11;3*1-3-4-2;/h2,4H,1H3;3*1,3-4H2,2H3;. The molecular formula is C19H32FN3Sn. The molecule has 0 aliphatic rings. The average Bonchev–Trinajstić information content (AvgIpc) is 2.94. The summed E-state index contributed by atoms with van der Waals surface area (Å²) in [7, 11) is 1.85. The van der Waals surface area contributed by atoms with Gasteiger partial charge in [0.1, 0.15) is 0 Å². The first-order valence-electron chi connectivity index (χ1n) is 9.56. The summed E-state index contributed by atoms with van der Waals surface area (Å²) in [5.74, 6) is -0.0646. The second-order valence-corrected chi connectivity index (χ2v) is 20.0. The van der Waals surface area contributed by atoms with Crippen molar-refractivity contribution in [3.05, 3.63) is 18.1 Å². The molecule has 0 radical (unpaired) electrons. The fourth-order valence-electron chi connectivity index (χ4n) is 3.70. The molecule has 5 heteroatoms. The van der Waals surface area contributed by atoms with Crippen molar-refractivity contribution in [2.45, 2.75) is 72.6 Å². The SMILES string of the molecule is CCC[CH2][Sn]([CH2]CCC)([CH2]CCC)[c]1nc2cnn(C)c2cc1F. The summed E-state index contributed by atoms with van der Waals surface area (Å²) in [6.45, 7) is 6.72. The summed E-state index contributed by atoms with van der Waals surface area (Å²) in [5.41, 5.74) is 1.66. The molecule has 134 valence electrons. The van der Waals surface area contributed by atoms with E-state index in [1.54, 1.807) is 16.9 Å². The number of halogens is 1. The van der Waals surface area contributed by atoms with Gasteiger partial charge in [-0.25, -0.2) is 0 Å². The number of nitrogens with zero attached hydrogens (tertiary/aromatic N) is 3. The summed E-state index contributed by atoms with van der Waals surface area (Å²) in [6, 6.07) is 1.68. The van der Waals surface area contributed by atoms with Gasteiger partial charge in [-0.05, 0) is 0 Å². The molecule has 0 aliphatic heterocycles. The first kappa shape index (κ1) is 19.7. The van der Waals surface area contributed by atoms with Crippen molar-refractivity contribution in [1.82, 2.24) is 14.8 Å². The van der Waals surface area contributed by atoms with Crippen molar-refractivity contribution >= 4 is 33.1 Å². The number of rotatable bonds is 10. The molecule has 24 heavy (non-hydrogen) atoms. The van der Waals surface area contributed by atoms with Gasteiger partial charge in [-0.3, -0.25) is 0 Å². The maximum absolute atomic E-state index is 15.1. The van der Waals surface area contributed by atoms with E-state index in [0.717, 1.165) is 14.7 Å². The van der Waals surface area contributed by atoms with Gasteiger partial charge in [-0.1, -0.05) is 0 Å². The quantitative estimate of drug-likeness (QED) is 0.478. The van der Waals surface area contributed by atoms with Crippen molar-refractivity contribution in [1.29, 1.82) is 0 Å². The van der Waals surface area contributed by atoms with Crippen molar-refractivity contribution in [2.75, 3.05) is 0 Å². The molecule has 0 amide bonds. The summed E-state index contributed by atoms with van der Waals surface area (Å²) in [6.07, 6.45) is 9.00. The molecule has 0 fully saturated rings. The van der Waals surface area contributed by atoms with Gasteiger partial charge in [0.05, 0.1) is 0 Å². The fraction of sp³-hybridized carbons (Fsp3) is 0.684. The Morgan fingerprint density at radius 1 is 1.00 bits per heavy atom. The van der Waals surface area contributed by atoms with Crippen LogP contribution in [0.4, 0.5) is 4.39 Å². The Morgan fingerprint density at radius 3 is 2.04 bits per heavy atom. The minimum absolute atomic E-state index is 0.0646. The van der Waals surface area contributed by atoms with Crippen molar-refractivity contribution in [3.8, 4) is 0 Å². The van der Waals surface area contributed by atoms with Crippen molar-refractivity contribution in [3.63, 3.8) is 0 Å². The molecule has 0 N–H and O–H groups in total. The second-order valence-electron chi connectivity index (χ2n) is 7.08. The van der Waals surface area contributed by atoms with Crippen LogP contribution in [0.1, 0.15) is 59.3 Å². The van der Waals surface area contributed by atoms with Gasteiger partial charge in [-0.15, -0.1) is 0 Å². The van der Waals surface area contributed by atoms with E-state index in [1.165, 1.54) is 51.8 Å². The monoisotopic (exact) mass is 441 g/mol. The molecule has 2 aromatic heterocycles. The molecule has 0 aromatic carbocycles. The van der Waals surface area contributed by atoms with Crippen LogP contribution in [0.5, 0.6) is 0 Å². The Labute approximate surface area is 149 Å². The van der Waals surface area contributed by atoms with E-state index >= 15 is 4.39 Å². The molecule has 3 nitrogen and oxygen atoms in total. The molecule has 0 bridgehead atoms. The molecule has 0 unspecified atom stereocenters. The summed E-state index contributed by atoms with van der Waals surface area (Å²) < 4.78 is 21.4. The first-order valence-corrected chi connectivity index (χ1v) is 17.0. The van der Waals surface area contributed by atoms with Crippen LogP contribution >= 0.6 is 0 Å². The molecule has 2 heterocycles. The number of hydrogen-bond acceptors (Lipinski definition) is 2. The van der Waals surface area contributed by atoms with Gasteiger partial charge in [0.2, 0.25) is 0 Å². The molecule has 2 rings (SSSR count). The molecule has 0 aliphatic carbocycles. The van der Waals surface area contributed by atoms with Crippen LogP contribution in [0.3, 0.4) is 0 Å². The van der Waals surface area contributed by atoms with E-state index in [9.17, 15) is 0 Å². The van der Waals surface area contributed by atoms with E-state index in [2.05, 4.69) is 25.9 Å². The fourth-order valence-corrected chi connectivity index (χ4v) is 19.4. The van der Waals surface area contributed by atoms with Crippen LogP contribution in [0.2, 0.25) is 13.3 Å². The maximum atomic E-state index is 15.1. The zero-order chi connectivity index (χ0) is 17.6. The third-order valence-corrected chi connectivity index (χ3v) is 20.3. The number of pyridine rings is 1. The molecule has 0 saturated heterocycles. The zero-order valence-corrected chi connectivity index (χ0v) is 18.6. The summed E-state index contributed by atoms with van der Waals surface area (Å²) in [5, 5.41) is 4.26. The Hall–Kier alpha value is -0.651. The minimum atomic E-state index is -2.82. The Balaban J connectivity index is 2.51. The van der Waals surface area contributed by atoms with Gasteiger partial charge in [0.25, 0.3) is 0 Å². The van der Waals surface area contributed by atoms with Crippen molar-refractivity contribution < 1.29 is 4.39 Å². The molecule has 0 spiro atoms. The predicted molar refractivity (Wildman–Crippen MR) is 103 cm³/mol. The van der Waals surface area contributed by atoms with Crippen LogP contribution in [-0.2, 0) is 7.05 Å². The Kier molecular flexibility index (Phi) is 7.51. The number of hydrogen-bond donors (Lipinski definition) is 0. The van der Waals surface area contributed by atoms with Crippen LogP contribution in [0, 0.1) is 5.82 Å². The third-order valence-electron chi connectivity index (χ3n) is 5.22. The van der Waals surface area contributed by atoms with Crippen LogP contribution in [-0.4, -0.2) is 33.1 Å². The van der Waals surface area contributed by atoms with Gasteiger partial charge in [0.15, 0.2) is 0 Å². The number of fused-ring (bicyclic) bond motifs is 1. The van der Waals surface area contributed by atoms with Gasteiger partial charge < -0.3 is 0 Å². The van der Waals surface area contributed by atoms with Crippen molar-refractivity contribution in [2.24, 2.45) is 7.05 Å². The number of aryl methyl sites for hydroxylation is 1.